The Bertz CT molecular complexity index is 877. The van der Waals surface area contributed by atoms with Crippen LogP contribution in [0.3, 0.4) is 0 Å². The Morgan fingerprint density at radius 2 is 1.71 bits per heavy atom. The molecule has 0 unspecified atom stereocenters. The number of carbonyl (C=O) groups excluding carboxylic acids is 2. The van der Waals surface area contributed by atoms with E-state index in [2.05, 4.69) is 23.1 Å². The maximum Gasteiger partial charge on any atom is 0.276 e. The van der Waals surface area contributed by atoms with Gasteiger partial charge < -0.3 is 9.47 Å². The first kappa shape index (κ1) is 24.4. The van der Waals surface area contributed by atoms with Gasteiger partial charge in [0.05, 0.1) is 12.2 Å². The maximum absolute atomic E-state index is 12.5. The highest BCUT2D eigenvalue weighted by molar-refractivity contribution is 7.80. The van der Waals surface area contributed by atoms with Crippen molar-refractivity contribution in [3.8, 4) is 11.5 Å². The van der Waals surface area contributed by atoms with Crippen LogP contribution in [0.25, 0.3) is 0 Å². The molecular formula is C22H26ClN3O4S. The third-order valence-electron chi connectivity index (χ3n) is 4.11. The number of amides is 2. The van der Waals surface area contributed by atoms with E-state index in [0.29, 0.717) is 28.7 Å². The molecule has 0 aliphatic rings. The van der Waals surface area contributed by atoms with Crippen LogP contribution in [-0.2, 0) is 4.79 Å². The minimum absolute atomic E-state index is 0.0532. The van der Waals surface area contributed by atoms with Crippen LogP contribution in [0, 0.1) is 0 Å². The lowest BCUT2D eigenvalue weighted by molar-refractivity contribution is -0.123. The number of rotatable bonds is 10. The zero-order valence-electron chi connectivity index (χ0n) is 17.3. The van der Waals surface area contributed by atoms with Crippen LogP contribution in [0.15, 0.2) is 48.5 Å². The molecule has 0 saturated heterocycles. The van der Waals surface area contributed by atoms with Gasteiger partial charge in [-0.25, -0.2) is 0 Å². The average molecular weight is 464 g/mol. The second-order valence-corrected chi connectivity index (χ2v) is 7.45. The molecule has 0 aliphatic heterocycles. The lowest BCUT2D eigenvalue weighted by Gasteiger charge is -2.13. The van der Waals surface area contributed by atoms with Gasteiger partial charge in [-0.15, -0.1) is 0 Å². The van der Waals surface area contributed by atoms with Crippen LogP contribution in [-0.4, -0.2) is 30.1 Å². The van der Waals surface area contributed by atoms with Crippen molar-refractivity contribution in [3.05, 3.63) is 59.1 Å². The van der Waals surface area contributed by atoms with E-state index in [-0.39, 0.29) is 11.7 Å². The number of nitrogens with one attached hydrogen (secondary N) is 3. The number of para-hydroxylation sites is 1. The SMILES string of the molecule is CCCCCCOc1ccccc1C(=O)NC(=S)NNC(=O)COc1ccc(Cl)cc1. The van der Waals surface area contributed by atoms with E-state index in [1.807, 2.05) is 0 Å². The standard InChI is InChI=1S/C22H26ClN3O4S/c1-2-3-4-7-14-29-19-9-6-5-8-18(19)21(28)24-22(31)26-25-20(27)15-30-17-12-10-16(23)11-13-17/h5-6,8-13H,2-4,7,14-15H2,1H3,(H,25,27)(H2,24,26,28,31). The van der Waals surface area contributed by atoms with Crippen LogP contribution in [0.4, 0.5) is 0 Å². The molecule has 0 bridgehead atoms. The van der Waals surface area contributed by atoms with Crippen LogP contribution in [0.2, 0.25) is 5.02 Å². The highest BCUT2D eigenvalue weighted by Gasteiger charge is 2.14. The fourth-order valence-corrected chi connectivity index (χ4v) is 2.80. The molecule has 2 amide bonds. The molecule has 0 radical (unpaired) electrons. The Balaban J connectivity index is 1.75. The number of halogens is 1. The van der Waals surface area contributed by atoms with Gasteiger partial charge in [0.25, 0.3) is 11.8 Å². The molecule has 0 spiro atoms. The number of thiocarbonyl (C=S) groups is 1. The second kappa shape index (κ2) is 13.5. The molecule has 3 N–H and O–H groups in total. The zero-order valence-corrected chi connectivity index (χ0v) is 18.9. The molecule has 0 aliphatic carbocycles. The lowest BCUT2D eigenvalue weighted by Crippen LogP contribution is -2.49. The average Bonchev–Trinajstić information content (AvgIpc) is 2.77. The summed E-state index contributed by atoms with van der Waals surface area (Å²) >= 11 is 10.9. The van der Waals surface area contributed by atoms with Gasteiger partial charge in [0.15, 0.2) is 11.7 Å². The molecule has 0 fully saturated rings. The van der Waals surface area contributed by atoms with E-state index < -0.39 is 11.8 Å². The van der Waals surface area contributed by atoms with E-state index in [1.165, 1.54) is 0 Å². The van der Waals surface area contributed by atoms with Gasteiger partial charge in [-0.05, 0) is 55.0 Å². The van der Waals surface area contributed by atoms with Crippen LogP contribution >= 0.6 is 23.8 Å². The minimum Gasteiger partial charge on any atom is -0.493 e. The largest absolute Gasteiger partial charge is 0.493 e. The van der Waals surface area contributed by atoms with Gasteiger partial charge in [0, 0.05) is 5.02 Å². The van der Waals surface area contributed by atoms with E-state index in [1.54, 1.807) is 48.5 Å². The molecule has 0 atom stereocenters. The first-order valence-electron chi connectivity index (χ1n) is 10.00. The Morgan fingerprint density at radius 3 is 2.45 bits per heavy atom. The fraction of sp³-hybridized carbons (Fsp3) is 0.318. The summed E-state index contributed by atoms with van der Waals surface area (Å²) in [4.78, 5) is 24.4. The Hall–Kier alpha value is -2.84. The van der Waals surface area contributed by atoms with Crippen molar-refractivity contribution in [2.75, 3.05) is 13.2 Å². The molecule has 166 valence electrons. The lowest BCUT2D eigenvalue weighted by atomic mass is 10.2. The van der Waals surface area contributed by atoms with Crippen LogP contribution in [0.5, 0.6) is 11.5 Å². The summed E-state index contributed by atoms with van der Waals surface area (Å²) in [7, 11) is 0. The molecular weight excluding hydrogens is 438 g/mol. The second-order valence-electron chi connectivity index (χ2n) is 6.60. The summed E-state index contributed by atoms with van der Waals surface area (Å²) < 4.78 is 11.1. The molecule has 9 heteroatoms. The first-order valence-corrected chi connectivity index (χ1v) is 10.8. The van der Waals surface area contributed by atoms with Crippen molar-refractivity contribution in [1.29, 1.82) is 0 Å². The number of benzene rings is 2. The number of hydrazine groups is 1. The topological polar surface area (TPSA) is 88.7 Å². The van der Waals surface area contributed by atoms with Crippen molar-refractivity contribution in [3.63, 3.8) is 0 Å². The number of ether oxygens (including phenoxy) is 2. The normalized spacial score (nSPS) is 10.1. The molecule has 2 aromatic carbocycles. The summed E-state index contributed by atoms with van der Waals surface area (Å²) in [5, 5.41) is 3.03. The van der Waals surface area contributed by atoms with Crippen molar-refractivity contribution in [2.24, 2.45) is 0 Å². The fourth-order valence-electron chi connectivity index (χ4n) is 2.54. The summed E-state index contributed by atoms with van der Waals surface area (Å²) in [6.07, 6.45) is 4.31. The molecule has 0 heterocycles. The highest BCUT2D eigenvalue weighted by atomic mass is 35.5. The summed E-state index contributed by atoms with van der Waals surface area (Å²) in [6.45, 7) is 2.45. The number of hydrogen-bond donors (Lipinski definition) is 3. The molecule has 0 aromatic heterocycles. The van der Waals surface area contributed by atoms with Crippen LogP contribution < -0.4 is 25.6 Å². The van der Waals surface area contributed by atoms with E-state index in [9.17, 15) is 9.59 Å². The third kappa shape index (κ3) is 9.23. The van der Waals surface area contributed by atoms with E-state index in [4.69, 9.17) is 33.3 Å². The predicted octanol–water partition coefficient (Wildman–Crippen LogP) is 4.01. The highest BCUT2D eigenvalue weighted by Crippen LogP contribution is 2.18. The van der Waals surface area contributed by atoms with Gasteiger partial charge in [-0.3, -0.25) is 25.8 Å². The summed E-state index contributed by atoms with van der Waals surface area (Å²) in [6, 6.07) is 13.5. The van der Waals surface area contributed by atoms with Crippen molar-refractivity contribution in [1.82, 2.24) is 16.2 Å². The van der Waals surface area contributed by atoms with Gasteiger partial charge in [-0.2, -0.15) is 0 Å². The van der Waals surface area contributed by atoms with Crippen LogP contribution in [0.1, 0.15) is 43.0 Å². The molecule has 7 nitrogen and oxygen atoms in total. The number of hydrogen-bond acceptors (Lipinski definition) is 5. The van der Waals surface area contributed by atoms with Gasteiger partial charge >= 0.3 is 0 Å². The van der Waals surface area contributed by atoms with Gasteiger partial charge in [-0.1, -0.05) is 49.9 Å². The van der Waals surface area contributed by atoms with E-state index >= 15 is 0 Å². The number of carbonyl (C=O) groups is 2. The van der Waals surface area contributed by atoms with E-state index in [0.717, 1.165) is 25.7 Å². The molecule has 2 aromatic rings. The van der Waals surface area contributed by atoms with Gasteiger partial charge in [0.2, 0.25) is 0 Å². The zero-order chi connectivity index (χ0) is 22.5. The molecule has 31 heavy (non-hydrogen) atoms. The Labute approximate surface area is 192 Å². The number of unbranched alkanes of at least 4 members (excludes halogenated alkanes) is 3. The maximum atomic E-state index is 12.5. The predicted molar refractivity (Wildman–Crippen MR) is 124 cm³/mol. The molecule has 2 rings (SSSR count). The monoisotopic (exact) mass is 463 g/mol. The third-order valence-corrected chi connectivity index (χ3v) is 4.57. The first-order chi connectivity index (χ1) is 15.0. The molecule has 0 saturated carbocycles. The quantitative estimate of drug-likeness (QED) is 0.280. The Kier molecular flexibility index (Phi) is 10.6. The van der Waals surface area contributed by atoms with Crippen molar-refractivity contribution in [2.45, 2.75) is 32.6 Å². The minimum atomic E-state index is -0.470. The van der Waals surface area contributed by atoms with Crippen molar-refractivity contribution >= 4 is 40.7 Å². The Morgan fingerprint density at radius 1 is 0.968 bits per heavy atom. The summed E-state index contributed by atoms with van der Waals surface area (Å²) in [5.74, 6) is 0.0807. The van der Waals surface area contributed by atoms with Crippen molar-refractivity contribution < 1.29 is 19.1 Å². The smallest absolute Gasteiger partial charge is 0.276 e. The summed E-state index contributed by atoms with van der Waals surface area (Å²) in [5.41, 5.74) is 5.20. The van der Waals surface area contributed by atoms with Gasteiger partial charge in [0.1, 0.15) is 11.5 Å².